The van der Waals surface area contributed by atoms with Gasteiger partial charge in [-0.15, -0.1) is 0 Å². The van der Waals surface area contributed by atoms with E-state index in [1.807, 2.05) is 0 Å². The van der Waals surface area contributed by atoms with Gasteiger partial charge < -0.3 is 0 Å². The third-order valence-electron chi connectivity index (χ3n) is 2.79. The van der Waals surface area contributed by atoms with E-state index in [1.54, 1.807) is 18.2 Å². The maximum absolute atomic E-state index is 13.4. The summed E-state index contributed by atoms with van der Waals surface area (Å²) < 4.78 is 26.2. The molecule has 0 saturated heterocycles. The lowest BCUT2D eigenvalue weighted by atomic mass is 10.1. The molecule has 1 N–H and O–H groups in total. The Morgan fingerprint density at radius 1 is 1.05 bits per heavy atom. The second kappa shape index (κ2) is 6.07. The van der Waals surface area contributed by atoms with E-state index < -0.39 is 6.04 Å². The van der Waals surface area contributed by atoms with Crippen LogP contribution < -0.4 is 5.32 Å². The Labute approximate surface area is 110 Å². The largest absolute Gasteiger partial charge is 0.294 e. The molecule has 2 aromatic carbocycles. The molecule has 0 saturated carbocycles. The first-order valence-electron chi connectivity index (χ1n) is 5.82. The minimum atomic E-state index is -0.597. The van der Waals surface area contributed by atoms with Crippen LogP contribution in [0.2, 0.25) is 0 Å². The van der Waals surface area contributed by atoms with Gasteiger partial charge in [0, 0.05) is 12.1 Å². The van der Waals surface area contributed by atoms with E-state index in [4.69, 9.17) is 5.26 Å². The number of nitriles is 1. The van der Waals surface area contributed by atoms with Gasteiger partial charge in [-0.3, -0.25) is 5.32 Å². The summed E-state index contributed by atoms with van der Waals surface area (Å²) in [6.07, 6.45) is 0. The summed E-state index contributed by atoms with van der Waals surface area (Å²) in [5.41, 5.74) is 1.14. The van der Waals surface area contributed by atoms with Crippen LogP contribution in [0.15, 0.2) is 48.5 Å². The van der Waals surface area contributed by atoms with Crippen molar-refractivity contribution in [1.82, 2.24) is 5.32 Å². The SMILES string of the molecule is N#CC(NCc1ccccc1F)c1ccc(F)cc1. The molecule has 1 atom stereocenters. The van der Waals surface area contributed by atoms with Crippen molar-refractivity contribution in [3.63, 3.8) is 0 Å². The Bertz CT molecular complexity index is 588. The van der Waals surface area contributed by atoms with Gasteiger partial charge in [0.25, 0.3) is 0 Å². The number of benzene rings is 2. The summed E-state index contributed by atoms with van der Waals surface area (Å²) in [6, 6.07) is 13.5. The van der Waals surface area contributed by atoms with E-state index >= 15 is 0 Å². The molecular formula is C15H12F2N2. The second-order valence-corrected chi connectivity index (χ2v) is 4.09. The van der Waals surface area contributed by atoms with Crippen LogP contribution in [0.1, 0.15) is 17.2 Å². The van der Waals surface area contributed by atoms with Crippen LogP contribution in [0, 0.1) is 23.0 Å². The molecule has 0 amide bonds. The highest BCUT2D eigenvalue weighted by atomic mass is 19.1. The molecule has 1 unspecified atom stereocenters. The fraction of sp³-hybridized carbons (Fsp3) is 0.133. The van der Waals surface area contributed by atoms with E-state index in [1.165, 1.54) is 30.3 Å². The lowest BCUT2D eigenvalue weighted by Gasteiger charge is -2.12. The Kier molecular flexibility index (Phi) is 4.22. The molecule has 0 bridgehead atoms. The molecule has 2 rings (SSSR count). The van der Waals surface area contributed by atoms with Crippen LogP contribution in [0.3, 0.4) is 0 Å². The first-order valence-corrected chi connectivity index (χ1v) is 5.82. The molecule has 0 spiro atoms. The van der Waals surface area contributed by atoms with Gasteiger partial charge >= 0.3 is 0 Å². The molecule has 19 heavy (non-hydrogen) atoms. The highest BCUT2D eigenvalue weighted by molar-refractivity contribution is 5.25. The number of rotatable bonds is 4. The van der Waals surface area contributed by atoms with E-state index in [0.717, 1.165) is 0 Å². The van der Waals surface area contributed by atoms with E-state index in [2.05, 4.69) is 11.4 Å². The number of nitrogens with one attached hydrogen (secondary N) is 1. The molecule has 0 aliphatic heterocycles. The number of hydrogen-bond donors (Lipinski definition) is 1. The zero-order valence-electron chi connectivity index (χ0n) is 10.1. The molecule has 0 aliphatic carbocycles. The normalized spacial score (nSPS) is 11.8. The first kappa shape index (κ1) is 13.2. The van der Waals surface area contributed by atoms with Crippen molar-refractivity contribution in [2.45, 2.75) is 12.6 Å². The predicted octanol–water partition coefficient (Wildman–Crippen LogP) is 3.32. The van der Waals surface area contributed by atoms with Crippen LogP contribution in [0.4, 0.5) is 8.78 Å². The van der Waals surface area contributed by atoms with Crippen molar-refractivity contribution in [1.29, 1.82) is 5.26 Å². The fourth-order valence-electron chi connectivity index (χ4n) is 1.75. The highest BCUT2D eigenvalue weighted by Crippen LogP contribution is 2.14. The Balaban J connectivity index is 2.07. The zero-order chi connectivity index (χ0) is 13.7. The van der Waals surface area contributed by atoms with Crippen LogP contribution >= 0.6 is 0 Å². The average molecular weight is 258 g/mol. The van der Waals surface area contributed by atoms with Crippen molar-refractivity contribution in [3.05, 3.63) is 71.3 Å². The van der Waals surface area contributed by atoms with E-state index in [9.17, 15) is 8.78 Å². The van der Waals surface area contributed by atoms with Gasteiger partial charge in [-0.25, -0.2) is 8.78 Å². The molecule has 4 heteroatoms. The van der Waals surface area contributed by atoms with Gasteiger partial charge in [-0.05, 0) is 23.8 Å². The summed E-state index contributed by atoms with van der Waals surface area (Å²) in [5, 5.41) is 12.0. The second-order valence-electron chi connectivity index (χ2n) is 4.09. The molecule has 0 radical (unpaired) electrons. The predicted molar refractivity (Wildman–Crippen MR) is 68.0 cm³/mol. The molecule has 2 nitrogen and oxygen atoms in total. The Hall–Kier alpha value is -2.25. The molecule has 2 aromatic rings. The summed E-state index contributed by atoms with van der Waals surface area (Å²) in [7, 11) is 0. The average Bonchev–Trinajstić information content (AvgIpc) is 2.43. The number of nitrogens with zero attached hydrogens (tertiary/aromatic N) is 1. The molecule has 0 aromatic heterocycles. The maximum atomic E-state index is 13.4. The van der Waals surface area contributed by atoms with Crippen molar-refractivity contribution < 1.29 is 8.78 Å². The first-order chi connectivity index (χ1) is 9.20. The third-order valence-corrected chi connectivity index (χ3v) is 2.79. The van der Waals surface area contributed by atoms with Crippen LogP contribution in [-0.4, -0.2) is 0 Å². The van der Waals surface area contributed by atoms with E-state index in [0.29, 0.717) is 11.1 Å². The lowest BCUT2D eigenvalue weighted by molar-refractivity contribution is 0.570. The van der Waals surface area contributed by atoms with Gasteiger partial charge in [-0.1, -0.05) is 30.3 Å². The smallest absolute Gasteiger partial charge is 0.127 e. The standard InChI is InChI=1S/C15H12F2N2/c16-13-7-5-11(6-8-13)15(9-18)19-10-12-3-1-2-4-14(12)17/h1-8,15,19H,10H2. The van der Waals surface area contributed by atoms with Gasteiger partial charge in [0.1, 0.15) is 17.7 Å². The molecule has 0 aliphatic rings. The van der Waals surface area contributed by atoms with Crippen molar-refractivity contribution in [2.24, 2.45) is 0 Å². The highest BCUT2D eigenvalue weighted by Gasteiger charge is 2.10. The Morgan fingerprint density at radius 2 is 1.74 bits per heavy atom. The van der Waals surface area contributed by atoms with Gasteiger partial charge in [0.2, 0.25) is 0 Å². The Morgan fingerprint density at radius 3 is 2.37 bits per heavy atom. The third kappa shape index (κ3) is 3.36. The van der Waals surface area contributed by atoms with Gasteiger partial charge in [-0.2, -0.15) is 5.26 Å². The van der Waals surface area contributed by atoms with Crippen LogP contribution in [0.25, 0.3) is 0 Å². The molecular weight excluding hydrogens is 246 g/mol. The fourth-order valence-corrected chi connectivity index (χ4v) is 1.75. The molecule has 0 fully saturated rings. The minimum Gasteiger partial charge on any atom is -0.294 e. The van der Waals surface area contributed by atoms with Crippen molar-refractivity contribution in [3.8, 4) is 6.07 Å². The van der Waals surface area contributed by atoms with Gasteiger partial charge in [0.05, 0.1) is 6.07 Å². The molecule has 96 valence electrons. The maximum Gasteiger partial charge on any atom is 0.127 e. The summed E-state index contributed by atoms with van der Waals surface area (Å²) in [5.74, 6) is -0.666. The topological polar surface area (TPSA) is 35.8 Å². The number of halogens is 2. The quantitative estimate of drug-likeness (QED) is 0.913. The van der Waals surface area contributed by atoms with Gasteiger partial charge in [0.15, 0.2) is 0 Å². The lowest BCUT2D eigenvalue weighted by Crippen LogP contribution is -2.20. The van der Waals surface area contributed by atoms with Crippen molar-refractivity contribution >= 4 is 0 Å². The summed E-state index contributed by atoms with van der Waals surface area (Å²) >= 11 is 0. The minimum absolute atomic E-state index is 0.238. The summed E-state index contributed by atoms with van der Waals surface area (Å²) in [6.45, 7) is 0.238. The zero-order valence-corrected chi connectivity index (χ0v) is 10.1. The van der Waals surface area contributed by atoms with Crippen LogP contribution in [0.5, 0.6) is 0 Å². The number of hydrogen-bond acceptors (Lipinski definition) is 2. The van der Waals surface area contributed by atoms with Crippen molar-refractivity contribution in [2.75, 3.05) is 0 Å². The summed E-state index contributed by atoms with van der Waals surface area (Å²) in [4.78, 5) is 0. The molecule has 0 heterocycles. The monoisotopic (exact) mass is 258 g/mol. The van der Waals surface area contributed by atoms with E-state index in [-0.39, 0.29) is 18.2 Å². The van der Waals surface area contributed by atoms with Crippen LogP contribution in [-0.2, 0) is 6.54 Å².